The Balaban J connectivity index is 1.89. The Morgan fingerprint density at radius 1 is 1.09 bits per heavy atom. The molecule has 1 aliphatic rings. The van der Waals surface area contributed by atoms with Gasteiger partial charge in [-0.3, -0.25) is 9.59 Å². The number of carbonyl (C=O) groups is 2. The van der Waals surface area contributed by atoms with Crippen molar-refractivity contribution >= 4 is 17.3 Å². The number of hydrogen-bond donors (Lipinski definition) is 1. The second-order valence-corrected chi connectivity index (χ2v) is 5.15. The minimum Gasteiger partial charge on any atom is -0.464 e. The molecule has 0 amide bonds. The fraction of sp³-hybridized carbons (Fsp3) is 0.333. The SMILES string of the molecule is NCCOC(=O)CCC(=O)c1ccc(C2=CCCC=C2)cc1. The summed E-state index contributed by atoms with van der Waals surface area (Å²) in [4.78, 5) is 23.4. The Hall–Kier alpha value is -2.20. The lowest BCUT2D eigenvalue weighted by Crippen LogP contribution is -2.14. The molecule has 0 unspecified atom stereocenters. The van der Waals surface area contributed by atoms with E-state index in [0.717, 1.165) is 18.4 Å². The van der Waals surface area contributed by atoms with Crippen LogP contribution in [-0.2, 0) is 9.53 Å². The minimum absolute atomic E-state index is 0.0515. The molecule has 1 aliphatic carbocycles. The Morgan fingerprint density at radius 3 is 2.50 bits per heavy atom. The average Bonchev–Trinajstić information content (AvgIpc) is 2.58. The molecule has 22 heavy (non-hydrogen) atoms. The summed E-state index contributed by atoms with van der Waals surface area (Å²) in [7, 11) is 0. The lowest BCUT2D eigenvalue weighted by molar-refractivity contribution is -0.143. The molecule has 0 saturated heterocycles. The zero-order valence-corrected chi connectivity index (χ0v) is 12.6. The molecule has 1 aromatic carbocycles. The van der Waals surface area contributed by atoms with E-state index >= 15 is 0 Å². The topological polar surface area (TPSA) is 69.4 Å². The molecule has 0 saturated carbocycles. The van der Waals surface area contributed by atoms with Crippen molar-refractivity contribution in [2.45, 2.75) is 25.7 Å². The van der Waals surface area contributed by atoms with Gasteiger partial charge in [0.25, 0.3) is 0 Å². The first-order chi connectivity index (χ1) is 10.7. The molecular weight excluding hydrogens is 278 g/mol. The highest BCUT2D eigenvalue weighted by Crippen LogP contribution is 2.22. The summed E-state index contributed by atoms with van der Waals surface area (Å²) in [5.74, 6) is -0.433. The Labute approximate surface area is 130 Å². The molecule has 4 nitrogen and oxygen atoms in total. The van der Waals surface area contributed by atoms with Crippen LogP contribution in [0.4, 0.5) is 0 Å². The van der Waals surface area contributed by atoms with Crippen LogP contribution in [0.15, 0.2) is 42.5 Å². The molecule has 0 heterocycles. The molecule has 1 aromatic rings. The van der Waals surface area contributed by atoms with Crippen molar-refractivity contribution in [3.63, 3.8) is 0 Å². The van der Waals surface area contributed by atoms with Crippen LogP contribution in [0, 0.1) is 0 Å². The highest BCUT2D eigenvalue weighted by Gasteiger charge is 2.10. The summed E-state index contributed by atoms with van der Waals surface area (Å²) in [5, 5.41) is 0. The molecule has 2 N–H and O–H groups in total. The van der Waals surface area contributed by atoms with Crippen LogP contribution in [0.5, 0.6) is 0 Å². The predicted molar refractivity (Wildman–Crippen MR) is 86.4 cm³/mol. The van der Waals surface area contributed by atoms with Gasteiger partial charge in [0.2, 0.25) is 0 Å². The summed E-state index contributed by atoms with van der Waals surface area (Å²) in [6.07, 6.45) is 8.84. The number of benzene rings is 1. The zero-order valence-electron chi connectivity index (χ0n) is 12.6. The van der Waals surface area contributed by atoms with Crippen LogP contribution in [0.2, 0.25) is 0 Å². The van der Waals surface area contributed by atoms with Crippen molar-refractivity contribution in [3.05, 3.63) is 53.6 Å². The van der Waals surface area contributed by atoms with Crippen LogP contribution in [0.25, 0.3) is 5.57 Å². The molecule has 0 aliphatic heterocycles. The highest BCUT2D eigenvalue weighted by molar-refractivity contribution is 5.97. The molecule has 116 valence electrons. The lowest BCUT2D eigenvalue weighted by atomic mass is 9.97. The fourth-order valence-electron chi connectivity index (χ4n) is 2.28. The summed E-state index contributed by atoms with van der Waals surface area (Å²) >= 11 is 0. The maximum Gasteiger partial charge on any atom is 0.306 e. The molecule has 0 radical (unpaired) electrons. The van der Waals surface area contributed by atoms with Crippen LogP contribution >= 0.6 is 0 Å². The first-order valence-electron chi connectivity index (χ1n) is 7.56. The van der Waals surface area contributed by atoms with E-state index in [-0.39, 0.29) is 31.2 Å². The number of Topliss-reactive ketones (excluding diaryl/α,β-unsaturated/α-hetero) is 1. The van der Waals surface area contributed by atoms with Crippen LogP contribution in [0.3, 0.4) is 0 Å². The monoisotopic (exact) mass is 299 g/mol. The summed E-state index contributed by atoms with van der Waals surface area (Å²) in [6.45, 7) is 0.496. The molecular formula is C18H21NO3. The van der Waals surface area contributed by atoms with E-state index in [2.05, 4.69) is 18.2 Å². The highest BCUT2D eigenvalue weighted by atomic mass is 16.5. The molecule has 0 fully saturated rings. The van der Waals surface area contributed by atoms with Gasteiger partial charge in [0.05, 0.1) is 6.42 Å². The first kappa shape index (κ1) is 16.2. The maximum atomic E-state index is 12.0. The minimum atomic E-state index is -0.382. The van der Waals surface area contributed by atoms with Gasteiger partial charge in [-0.05, 0) is 24.0 Å². The van der Waals surface area contributed by atoms with Crippen LogP contribution in [-0.4, -0.2) is 24.9 Å². The van der Waals surface area contributed by atoms with Gasteiger partial charge in [0, 0.05) is 18.5 Å². The normalized spacial score (nSPS) is 13.6. The number of ketones is 1. The smallest absolute Gasteiger partial charge is 0.306 e. The fourth-order valence-corrected chi connectivity index (χ4v) is 2.28. The van der Waals surface area contributed by atoms with E-state index in [0.29, 0.717) is 12.1 Å². The molecule has 0 atom stereocenters. The third-order valence-electron chi connectivity index (χ3n) is 3.47. The van der Waals surface area contributed by atoms with Gasteiger partial charge in [0.15, 0.2) is 5.78 Å². The molecule has 2 rings (SSSR count). The van der Waals surface area contributed by atoms with E-state index < -0.39 is 0 Å². The van der Waals surface area contributed by atoms with E-state index in [1.807, 2.05) is 24.3 Å². The quantitative estimate of drug-likeness (QED) is 0.621. The third-order valence-corrected chi connectivity index (χ3v) is 3.47. The molecule has 0 spiro atoms. The maximum absolute atomic E-state index is 12.0. The second-order valence-electron chi connectivity index (χ2n) is 5.15. The number of allylic oxidation sites excluding steroid dienone is 4. The summed E-state index contributed by atoms with van der Waals surface area (Å²) in [5.41, 5.74) is 8.16. The van der Waals surface area contributed by atoms with Crippen molar-refractivity contribution in [2.24, 2.45) is 5.73 Å². The zero-order chi connectivity index (χ0) is 15.8. The summed E-state index contributed by atoms with van der Waals surface area (Å²) < 4.78 is 4.84. The van der Waals surface area contributed by atoms with E-state index in [4.69, 9.17) is 10.5 Å². The molecule has 0 bridgehead atoms. The van der Waals surface area contributed by atoms with Crippen LogP contribution < -0.4 is 5.73 Å². The average molecular weight is 299 g/mol. The van der Waals surface area contributed by atoms with Crippen molar-refractivity contribution in [3.8, 4) is 0 Å². The first-order valence-corrected chi connectivity index (χ1v) is 7.56. The van der Waals surface area contributed by atoms with Gasteiger partial charge in [-0.25, -0.2) is 0 Å². The molecule has 0 aromatic heterocycles. The van der Waals surface area contributed by atoms with Gasteiger partial charge >= 0.3 is 5.97 Å². The van der Waals surface area contributed by atoms with E-state index in [1.54, 1.807) is 0 Å². The summed E-state index contributed by atoms with van der Waals surface area (Å²) in [6, 6.07) is 7.52. The van der Waals surface area contributed by atoms with E-state index in [9.17, 15) is 9.59 Å². The number of rotatable bonds is 7. The lowest BCUT2D eigenvalue weighted by Gasteiger charge is -2.08. The van der Waals surface area contributed by atoms with Crippen molar-refractivity contribution in [1.82, 2.24) is 0 Å². The number of nitrogens with two attached hydrogens (primary N) is 1. The Kier molecular flexibility index (Phi) is 6.10. The standard InChI is InChI=1S/C18H21NO3/c19-12-13-22-18(21)11-10-17(20)16-8-6-15(7-9-16)14-4-2-1-3-5-14/h2,4-9H,1,3,10-13,19H2. The van der Waals surface area contributed by atoms with Gasteiger partial charge in [-0.2, -0.15) is 0 Å². The van der Waals surface area contributed by atoms with Crippen molar-refractivity contribution < 1.29 is 14.3 Å². The van der Waals surface area contributed by atoms with Gasteiger partial charge in [0.1, 0.15) is 6.61 Å². The largest absolute Gasteiger partial charge is 0.464 e. The van der Waals surface area contributed by atoms with Crippen molar-refractivity contribution in [2.75, 3.05) is 13.2 Å². The number of esters is 1. The Morgan fingerprint density at radius 2 is 1.86 bits per heavy atom. The predicted octanol–water partition coefficient (Wildman–Crippen LogP) is 2.88. The Bertz CT molecular complexity index is 585. The molecule has 4 heteroatoms. The van der Waals surface area contributed by atoms with Gasteiger partial charge in [-0.15, -0.1) is 0 Å². The van der Waals surface area contributed by atoms with Gasteiger partial charge in [-0.1, -0.05) is 42.5 Å². The van der Waals surface area contributed by atoms with Crippen molar-refractivity contribution in [1.29, 1.82) is 0 Å². The van der Waals surface area contributed by atoms with Crippen LogP contribution in [0.1, 0.15) is 41.6 Å². The third kappa shape index (κ3) is 4.67. The number of ether oxygens (including phenoxy) is 1. The number of hydrogen-bond acceptors (Lipinski definition) is 4. The second kappa shape index (κ2) is 8.29. The van der Waals surface area contributed by atoms with Gasteiger partial charge < -0.3 is 10.5 Å². The van der Waals surface area contributed by atoms with E-state index in [1.165, 1.54) is 5.57 Å². The number of carbonyl (C=O) groups excluding carboxylic acids is 2.